The Kier molecular flexibility index (Phi) is 5.68. The molecule has 0 N–H and O–H groups in total. The number of hydrogen-bond donors (Lipinski definition) is 0. The predicted octanol–water partition coefficient (Wildman–Crippen LogP) is 2.85. The number of carbonyl (C=O) groups is 1. The Balaban J connectivity index is 1.72. The van der Waals surface area contributed by atoms with Gasteiger partial charge in [0.1, 0.15) is 12.1 Å². The zero-order chi connectivity index (χ0) is 16.1. The van der Waals surface area contributed by atoms with Crippen molar-refractivity contribution in [3.63, 3.8) is 0 Å². The molecule has 0 aliphatic carbocycles. The lowest BCUT2D eigenvalue weighted by Gasteiger charge is -2.35. The summed E-state index contributed by atoms with van der Waals surface area (Å²) in [5, 5.41) is 0. The highest BCUT2D eigenvalue weighted by Crippen LogP contribution is 2.27. The maximum atomic E-state index is 12.9. The molecule has 2 aliphatic heterocycles. The molecular formula is C19H28N2O2. The van der Waals surface area contributed by atoms with E-state index in [9.17, 15) is 4.79 Å². The van der Waals surface area contributed by atoms with Gasteiger partial charge in [0, 0.05) is 6.54 Å². The Bertz CT molecular complexity index is 499. The second kappa shape index (κ2) is 7.93. The second-order valence-corrected chi connectivity index (χ2v) is 6.87. The fourth-order valence-corrected chi connectivity index (χ4v) is 3.75. The number of esters is 1. The first-order valence-electron chi connectivity index (χ1n) is 8.92. The SMILES string of the molecule is CN1CCCC(OC(=O)C(c2ccccc2)N2CCCCC2)C1. The molecular weight excluding hydrogens is 288 g/mol. The largest absolute Gasteiger partial charge is 0.460 e. The predicted molar refractivity (Wildman–Crippen MR) is 91.2 cm³/mol. The third kappa shape index (κ3) is 4.33. The standard InChI is InChI=1S/C19H28N2O2/c1-20-12-8-11-17(15-20)23-19(22)18(16-9-4-2-5-10-16)21-13-6-3-7-14-21/h2,4-5,9-10,17-18H,3,6-8,11-15H2,1H3. The summed E-state index contributed by atoms with van der Waals surface area (Å²) in [6.07, 6.45) is 5.73. The van der Waals surface area contributed by atoms with Crippen LogP contribution in [0.4, 0.5) is 0 Å². The number of likely N-dealkylation sites (tertiary alicyclic amines) is 2. The van der Waals surface area contributed by atoms with Gasteiger partial charge >= 0.3 is 5.97 Å². The van der Waals surface area contributed by atoms with E-state index >= 15 is 0 Å². The van der Waals surface area contributed by atoms with Crippen LogP contribution in [-0.2, 0) is 9.53 Å². The van der Waals surface area contributed by atoms with E-state index in [2.05, 4.69) is 16.8 Å². The third-order valence-corrected chi connectivity index (χ3v) is 4.96. The molecule has 2 fully saturated rings. The van der Waals surface area contributed by atoms with Gasteiger partial charge in [0.25, 0.3) is 0 Å². The Labute approximate surface area is 139 Å². The van der Waals surface area contributed by atoms with Gasteiger partial charge in [0.2, 0.25) is 0 Å². The molecule has 2 atom stereocenters. The minimum atomic E-state index is -0.247. The van der Waals surface area contributed by atoms with Gasteiger partial charge in [-0.05, 0) is 57.9 Å². The van der Waals surface area contributed by atoms with Crippen LogP contribution in [0.25, 0.3) is 0 Å². The van der Waals surface area contributed by atoms with Gasteiger partial charge in [-0.2, -0.15) is 0 Å². The first-order valence-corrected chi connectivity index (χ1v) is 8.92. The second-order valence-electron chi connectivity index (χ2n) is 6.87. The number of nitrogens with zero attached hydrogens (tertiary/aromatic N) is 2. The first-order chi connectivity index (χ1) is 11.2. The molecule has 0 radical (unpaired) electrons. The molecule has 126 valence electrons. The molecule has 0 spiro atoms. The molecule has 0 aromatic heterocycles. The summed E-state index contributed by atoms with van der Waals surface area (Å²) < 4.78 is 5.91. The van der Waals surface area contributed by atoms with Crippen LogP contribution in [0.1, 0.15) is 43.7 Å². The van der Waals surface area contributed by atoms with Crippen LogP contribution in [-0.4, -0.2) is 55.1 Å². The van der Waals surface area contributed by atoms with Gasteiger partial charge in [-0.15, -0.1) is 0 Å². The van der Waals surface area contributed by atoms with E-state index in [1.807, 2.05) is 30.3 Å². The van der Waals surface area contributed by atoms with Crippen LogP contribution in [0.3, 0.4) is 0 Å². The highest BCUT2D eigenvalue weighted by atomic mass is 16.5. The zero-order valence-electron chi connectivity index (χ0n) is 14.1. The number of rotatable bonds is 4. The van der Waals surface area contributed by atoms with Crippen molar-refractivity contribution in [2.45, 2.75) is 44.2 Å². The fraction of sp³-hybridized carbons (Fsp3) is 0.632. The van der Waals surface area contributed by atoms with Crippen LogP contribution in [0.15, 0.2) is 30.3 Å². The van der Waals surface area contributed by atoms with Gasteiger partial charge < -0.3 is 9.64 Å². The number of carbonyl (C=O) groups excluding carboxylic acids is 1. The van der Waals surface area contributed by atoms with Crippen molar-refractivity contribution in [2.24, 2.45) is 0 Å². The van der Waals surface area contributed by atoms with Crippen molar-refractivity contribution in [1.29, 1.82) is 0 Å². The topological polar surface area (TPSA) is 32.8 Å². The summed E-state index contributed by atoms with van der Waals surface area (Å²) in [7, 11) is 2.10. The van der Waals surface area contributed by atoms with Crippen molar-refractivity contribution < 1.29 is 9.53 Å². The maximum absolute atomic E-state index is 12.9. The molecule has 1 aromatic carbocycles. The fourth-order valence-electron chi connectivity index (χ4n) is 3.75. The first kappa shape index (κ1) is 16.5. The van der Waals surface area contributed by atoms with Crippen molar-refractivity contribution >= 4 is 5.97 Å². The monoisotopic (exact) mass is 316 g/mol. The van der Waals surface area contributed by atoms with Crippen LogP contribution in [0, 0.1) is 0 Å². The molecule has 4 nitrogen and oxygen atoms in total. The Morgan fingerprint density at radius 1 is 1.09 bits per heavy atom. The average Bonchev–Trinajstić information content (AvgIpc) is 2.57. The highest BCUT2D eigenvalue weighted by molar-refractivity contribution is 5.78. The summed E-state index contributed by atoms with van der Waals surface area (Å²) in [5.74, 6) is -0.0709. The van der Waals surface area contributed by atoms with Crippen LogP contribution in [0.2, 0.25) is 0 Å². The average molecular weight is 316 g/mol. The highest BCUT2D eigenvalue weighted by Gasteiger charge is 2.32. The number of piperidine rings is 2. The number of ether oxygens (including phenoxy) is 1. The van der Waals surface area contributed by atoms with Gasteiger partial charge in [-0.1, -0.05) is 36.8 Å². The molecule has 4 heteroatoms. The smallest absolute Gasteiger partial charge is 0.328 e. The van der Waals surface area contributed by atoms with Crippen LogP contribution >= 0.6 is 0 Å². The quantitative estimate of drug-likeness (QED) is 0.800. The Morgan fingerprint density at radius 3 is 2.52 bits per heavy atom. The lowest BCUT2D eigenvalue weighted by molar-refractivity contribution is -0.158. The van der Waals surface area contributed by atoms with Gasteiger partial charge in [-0.25, -0.2) is 4.79 Å². The van der Waals surface area contributed by atoms with E-state index in [-0.39, 0.29) is 18.1 Å². The summed E-state index contributed by atoms with van der Waals surface area (Å²) in [6.45, 7) is 3.92. The lowest BCUT2D eigenvalue weighted by Crippen LogP contribution is -2.43. The lowest BCUT2D eigenvalue weighted by atomic mass is 10.0. The molecule has 3 rings (SSSR count). The summed E-state index contributed by atoms with van der Waals surface area (Å²) >= 11 is 0. The maximum Gasteiger partial charge on any atom is 0.328 e. The van der Waals surface area contributed by atoms with E-state index in [1.54, 1.807) is 0 Å². The van der Waals surface area contributed by atoms with Crippen molar-refractivity contribution in [2.75, 3.05) is 33.2 Å². The molecule has 2 heterocycles. The Morgan fingerprint density at radius 2 is 1.83 bits per heavy atom. The number of benzene rings is 1. The van der Waals surface area contributed by atoms with Crippen LogP contribution in [0.5, 0.6) is 0 Å². The molecule has 2 saturated heterocycles. The van der Waals surface area contributed by atoms with E-state index in [0.29, 0.717) is 0 Å². The van der Waals surface area contributed by atoms with Crippen molar-refractivity contribution in [3.8, 4) is 0 Å². The Hall–Kier alpha value is -1.39. The van der Waals surface area contributed by atoms with E-state index in [1.165, 1.54) is 19.3 Å². The number of likely N-dealkylation sites (N-methyl/N-ethyl adjacent to an activating group) is 1. The molecule has 0 amide bonds. The van der Waals surface area contributed by atoms with Gasteiger partial charge in [0.05, 0.1) is 0 Å². The normalized spacial score (nSPS) is 25.0. The minimum absolute atomic E-state index is 0.0391. The molecule has 2 unspecified atom stereocenters. The molecule has 2 aliphatic rings. The van der Waals surface area contributed by atoms with Crippen molar-refractivity contribution in [3.05, 3.63) is 35.9 Å². The zero-order valence-corrected chi connectivity index (χ0v) is 14.1. The minimum Gasteiger partial charge on any atom is -0.460 e. The third-order valence-electron chi connectivity index (χ3n) is 4.96. The molecule has 0 bridgehead atoms. The summed E-state index contributed by atoms with van der Waals surface area (Å²) in [4.78, 5) is 17.5. The van der Waals surface area contributed by atoms with E-state index in [0.717, 1.165) is 44.6 Å². The van der Waals surface area contributed by atoms with Crippen molar-refractivity contribution in [1.82, 2.24) is 9.80 Å². The van der Waals surface area contributed by atoms with Gasteiger partial charge in [-0.3, -0.25) is 4.90 Å². The van der Waals surface area contributed by atoms with Gasteiger partial charge in [0.15, 0.2) is 0 Å². The number of hydrogen-bond acceptors (Lipinski definition) is 4. The summed E-state index contributed by atoms with van der Waals surface area (Å²) in [5.41, 5.74) is 1.06. The van der Waals surface area contributed by atoms with E-state index in [4.69, 9.17) is 4.74 Å². The summed E-state index contributed by atoms with van der Waals surface area (Å²) in [6, 6.07) is 9.87. The molecule has 0 saturated carbocycles. The molecule has 23 heavy (non-hydrogen) atoms. The molecule has 1 aromatic rings. The van der Waals surface area contributed by atoms with Crippen LogP contribution < -0.4 is 0 Å². The van der Waals surface area contributed by atoms with E-state index < -0.39 is 0 Å².